The number of aliphatic hydroxyl groups is 1. The fourth-order valence-electron chi connectivity index (χ4n) is 9.53. The quantitative estimate of drug-likeness (QED) is 0.321. The van der Waals surface area contributed by atoms with Crippen LogP contribution in [0.15, 0.2) is 44.4 Å². The van der Waals surface area contributed by atoms with Crippen molar-refractivity contribution in [3.8, 4) is 0 Å². The average molecular weight is 537 g/mol. The summed E-state index contributed by atoms with van der Waals surface area (Å²) in [6.45, 7) is 9.19. The first kappa shape index (κ1) is 27.3. The maximum Gasteiger partial charge on any atom is 0.335 e. The molecule has 5 aliphatic rings. The summed E-state index contributed by atoms with van der Waals surface area (Å²) in [5.74, 6) is 1.05. The monoisotopic (exact) mass is 536 g/mol. The number of allylic oxidation sites excluding steroid dienone is 2. The number of rotatable bonds is 7. The summed E-state index contributed by atoms with van der Waals surface area (Å²) in [7, 11) is 0. The molecule has 39 heavy (non-hydrogen) atoms. The molecule has 6 nitrogen and oxygen atoms in total. The molecular weight excluding hydrogens is 488 g/mol. The summed E-state index contributed by atoms with van der Waals surface area (Å²) in [6.07, 6.45) is 18.4. The van der Waals surface area contributed by atoms with Crippen molar-refractivity contribution in [3.63, 3.8) is 0 Å². The Morgan fingerprint density at radius 2 is 1.87 bits per heavy atom. The largest absolute Gasteiger partial charge is 0.431 e. The van der Waals surface area contributed by atoms with Gasteiger partial charge in [0.15, 0.2) is 0 Å². The zero-order valence-electron chi connectivity index (χ0n) is 24.1. The molecule has 0 aromatic carbocycles. The second-order valence-electron chi connectivity index (χ2n) is 13.7. The number of likely N-dealkylation sites (tertiary alicyclic amines) is 1. The molecular formula is C33H48N2O4. The molecule has 1 N–H and O–H groups in total. The molecule has 0 unspecified atom stereocenters. The minimum atomic E-state index is -0.670. The van der Waals surface area contributed by atoms with Gasteiger partial charge in [0.25, 0.3) is 0 Å². The molecule has 2 heterocycles. The van der Waals surface area contributed by atoms with Crippen molar-refractivity contribution in [2.45, 2.75) is 109 Å². The van der Waals surface area contributed by atoms with Crippen LogP contribution in [0.1, 0.15) is 109 Å². The van der Waals surface area contributed by atoms with E-state index in [0.717, 1.165) is 69.1 Å². The topological polar surface area (TPSA) is 75.3 Å². The van der Waals surface area contributed by atoms with Crippen molar-refractivity contribution in [2.24, 2.45) is 27.8 Å². The van der Waals surface area contributed by atoms with Gasteiger partial charge in [-0.2, -0.15) is 0 Å². The third-order valence-corrected chi connectivity index (χ3v) is 11.9. The molecule has 0 bridgehead atoms. The Balaban J connectivity index is 1.09. The molecule has 0 amide bonds. The van der Waals surface area contributed by atoms with Crippen molar-refractivity contribution in [1.82, 2.24) is 4.90 Å². The lowest BCUT2D eigenvalue weighted by atomic mass is 9.45. The second-order valence-corrected chi connectivity index (χ2v) is 13.7. The standard InChI is InChI=1S/C33H48N2O4/c1-31-15-12-26(34-39-21-7-6-20-35-18-4-3-5-19-35)22-25(31)9-10-29-28(31)13-16-32(2)27(14-17-33(29,32)37)24-8-11-30(36)38-23-24/h8,11,22-23,27-29,37H,3-7,9-10,12-21H2,1-2H3/b34-26+/t27-,28+,29-,31+,32-,33+/m1/s1. The summed E-state index contributed by atoms with van der Waals surface area (Å²) in [6, 6.07) is 3.45. The summed E-state index contributed by atoms with van der Waals surface area (Å²) in [5, 5.41) is 17.0. The summed E-state index contributed by atoms with van der Waals surface area (Å²) in [4.78, 5) is 19.9. The van der Waals surface area contributed by atoms with Gasteiger partial charge in [0.05, 0.1) is 17.6 Å². The predicted octanol–water partition coefficient (Wildman–Crippen LogP) is 6.44. The van der Waals surface area contributed by atoms with Crippen LogP contribution in [0.4, 0.5) is 0 Å². The molecule has 0 radical (unpaired) electrons. The van der Waals surface area contributed by atoms with E-state index in [1.165, 1.54) is 57.0 Å². The van der Waals surface area contributed by atoms with Crippen LogP contribution in [0.25, 0.3) is 0 Å². The van der Waals surface area contributed by atoms with Crippen LogP contribution in [0.2, 0.25) is 0 Å². The fraction of sp³-hybridized carbons (Fsp3) is 0.758. The number of hydrogen-bond acceptors (Lipinski definition) is 6. The first-order valence-electron chi connectivity index (χ1n) is 15.8. The van der Waals surface area contributed by atoms with E-state index in [9.17, 15) is 9.90 Å². The minimum absolute atomic E-state index is 0.130. The summed E-state index contributed by atoms with van der Waals surface area (Å²) >= 11 is 0. The highest BCUT2D eigenvalue weighted by Gasteiger charge is 2.66. The fourth-order valence-corrected chi connectivity index (χ4v) is 9.53. The zero-order valence-corrected chi connectivity index (χ0v) is 24.1. The Morgan fingerprint density at radius 3 is 2.67 bits per heavy atom. The Morgan fingerprint density at radius 1 is 1.03 bits per heavy atom. The lowest BCUT2D eigenvalue weighted by Crippen LogP contribution is -2.60. The molecule has 1 aromatic heterocycles. The number of piperidine rings is 1. The van der Waals surface area contributed by atoms with E-state index in [-0.39, 0.29) is 22.4 Å². The summed E-state index contributed by atoms with van der Waals surface area (Å²) < 4.78 is 5.24. The van der Waals surface area contributed by atoms with E-state index < -0.39 is 5.60 Å². The molecule has 214 valence electrons. The van der Waals surface area contributed by atoms with Gasteiger partial charge in [-0.15, -0.1) is 0 Å². The molecule has 6 heteroatoms. The van der Waals surface area contributed by atoms with Crippen LogP contribution in [0.5, 0.6) is 0 Å². The maximum atomic E-state index is 12.4. The average Bonchev–Trinajstić information content (AvgIpc) is 3.23. The molecule has 6 atom stereocenters. The minimum Gasteiger partial charge on any atom is -0.431 e. The Hall–Kier alpha value is -1.92. The molecule has 0 spiro atoms. The van der Waals surface area contributed by atoms with Crippen LogP contribution in [0, 0.1) is 22.7 Å². The normalized spacial score (nSPS) is 39.5. The lowest BCUT2D eigenvalue weighted by molar-refractivity contribution is -0.176. The Bertz CT molecular complexity index is 1130. The Kier molecular flexibility index (Phi) is 7.56. The van der Waals surface area contributed by atoms with E-state index in [2.05, 4.69) is 30.0 Å². The third kappa shape index (κ3) is 4.84. The van der Waals surface area contributed by atoms with Crippen molar-refractivity contribution in [2.75, 3.05) is 26.2 Å². The zero-order chi connectivity index (χ0) is 27.1. The van der Waals surface area contributed by atoms with Gasteiger partial charge < -0.3 is 19.3 Å². The first-order chi connectivity index (χ1) is 18.8. The molecule has 1 saturated heterocycles. The van der Waals surface area contributed by atoms with Crippen LogP contribution < -0.4 is 5.63 Å². The molecule has 4 fully saturated rings. The van der Waals surface area contributed by atoms with Gasteiger partial charge in [-0.25, -0.2) is 4.79 Å². The molecule has 3 saturated carbocycles. The van der Waals surface area contributed by atoms with Gasteiger partial charge >= 0.3 is 5.63 Å². The van der Waals surface area contributed by atoms with E-state index in [1.807, 2.05) is 6.07 Å². The number of nitrogens with zero attached hydrogens (tertiary/aromatic N) is 2. The number of fused-ring (bicyclic) bond motifs is 5. The van der Waals surface area contributed by atoms with Crippen LogP contribution in [-0.4, -0.2) is 47.6 Å². The van der Waals surface area contributed by atoms with Crippen molar-refractivity contribution < 1.29 is 14.4 Å². The van der Waals surface area contributed by atoms with Gasteiger partial charge in [-0.1, -0.05) is 31.0 Å². The molecule has 6 rings (SSSR count). The highest BCUT2D eigenvalue weighted by atomic mass is 16.6. The van der Waals surface area contributed by atoms with Crippen molar-refractivity contribution in [1.29, 1.82) is 0 Å². The predicted molar refractivity (Wildman–Crippen MR) is 154 cm³/mol. The van der Waals surface area contributed by atoms with Crippen LogP contribution in [-0.2, 0) is 4.84 Å². The van der Waals surface area contributed by atoms with Gasteiger partial charge in [0.1, 0.15) is 6.61 Å². The van der Waals surface area contributed by atoms with E-state index in [1.54, 1.807) is 6.26 Å². The van der Waals surface area contributed by atoms with E-state index >= 15 is 0 Å². The van der Waals surface area contributed by atoms with Crippen LogP contribution >= 0.6 is 0 Å². The van der Waals surface area contributed by atoms with E-state index in [4.69, 9.17) is 9.25 Å². The SMILES string of the molecule is C[C@]12CC/C(=N\OCCCCN3CCCCC3)C=C1CC[C@@H]1[C@@H]2CC[C@]2(C)[C@@H](c3ccc(=O)oc3)CC[C@]12O. The van der Waals surface area contributed by atoms with Crippen LogP contribution in [0.3, 0.4) is 0 Å². The number of unbranched alkanes of at least 4 members (excludes halogenated alkanes) is 1. The van der Waals surface area contributed by atoms with Gasteiger partial charge in [0, 0.05) is 11.5 Å². The molecule has 4 aliphatic carbocycles. The van der Waals surface area contributed by atoms with Gasteiger partial charge in [-0.05, 0) is 138 Å². The van der Waals surface area contributed by atoms with Crippen molar-refractivity contribution in [3.05, 3.63) is 46.0 Å². The smallest absolute Gasteiger partial charge is 0.335 e. The van der Waals surface area contributed by atoms with Gasteiger partial charge in [0.2, 0.25) is 0 Å². The number of oxime groups is 1. The maximum absolute atomic E-state index is 12.4. The summed E-state index contributed by atoms with van der Waals surface area (Å²) in [5.41, 5.74) is 2.66. The highest BCUT2D eigenvalue weighted by molar-refractivity contribution is 5.96. The molecule has 1 aromatic rings. The third-order valence-electron chi connectivity index (χ3n) is 11.9. The highest BCUT2D eigenvalue weighted by Crippen LogP contribution is 2.69. The first-order valence-corrected chi connectivity index (χ1v) is 15.8. The van der Waals surface area contributed by atoms with E-state index in [0.29, 0.717) is 18.4 Å². The molecule has 1 aliphatic heterocycles. The van der Waals surface area contributed by atoms with Gasteiger partial charge in [-0.3, -0.25) is 0 Å². The Labute approximate surface area is 233 Å². The van der Waals surface area contributed by atoms with Crippen molar-refractivity contribution >= 4 is 5.71 Å². The second kappa shape index (κ2) is 10.8. The number of hydrogen-bond donors (Lipinski definition) is 1. The lowest BCUT2D eigenvalue weighted by Gasteiger charge is -2.61.